The molecule has 36 heavy (non-hydrogen) atoms. The van der Waals surface area contributed by atoms with Crippen molar-refractivity contribution in [1.82, 2.24) is 15.1 Å². The number of Topliss-reactive ketones (excluding diaryl/α,β-unsaturated/α-hetero) is 1. The minimum Gasteiger partial charge on any atom is -0.369 e. The van der Waals surface area contributed by atoms with Crippen molar-refractivity contribution in [2.75, 3.05) is 51.3 Å². The predicted molar refractivity (Wildman–Crippen MR) is 131 cm³/mol. The molecule has 1 aromatic rings. The highest BCUT2D eigenvalue weighted by Crippen LogP contribution is 2.37. The summed E-state index contributed by atoms with van der Waals surface area (Å²) in [6.45, 7) is 8.78. The number of carbonyl (C=O) groups is 3. The van der Waals surface area contributed by atoms with Crippen LogP contribution in [0.4, 0.5) is 14.5 Å². The van der Waals surface area contributed by atoms with Gasteiger partial charge in [0.15, 0.2) is 5.78 Å². The number of nitrogens with zero attached hydrogens (tertiary/aromatic N) is 3. The summed E-state index contributed by atoms with van der Waals surface area (Å²) in [6, 6.07) is 5.24. The van der Waals surface area contributed by atoms with Crippen molar-refractivity contribution in [3.05, 3.63) is 29.8 Å². The van der Waals surface area contributed by atoms with E-state index in [1.165, 1.54) is 4.90 Å². The number of alkyl halides is 2. The number of carbonyl (C=O) groups excluding carboxylic acids is 3. The van der Waals surface area contributed by atoms with Gasteiger partial charge in [0.05, 0.1) is 12.0 Å². The predicted octanol–water partition coefficient (Wildman–Crippen LogP) is 2.03. The fourth-order valence-electron chi connectivity index (χ4n) is 5.21. The SMILES string of the molecule is CCC(C)(C)[C@H](NC(=O)c1ccc(N2CCN(C)CC2)cc1)C(=O)N1C[C@H](C(F)F)[C@H]2OCC(=O)[C@H]21. The van der Waals surface area contributed by atoms with Crippen LogP contribution in [0.25, 0.3) is 0 Å². The van der Waals surface area contributed by atoms with E-state index in [0.29, 0.717) is 12.0 Å². The van der Waals surface area contributed by atoms with Gasteiger partial charge >= 0.3 is 0 Å². The number of nitrogens with one attached hydrogen (secondary N) is 1. The van der Waals surface area contributed by atoms with Crippen molar-refractivity contribution in [3.63, 3.8) is 0 Å². The third-order valence-corrected chi connectivity index (χ3v) is 8.04. The Kier molecular flexibility index (Phi) is 7.66. The molecule has 2 amide bonds. The summed E-state index contributed by atoms with van der Waals surface area (Å²) in [4.78, 5) is 45.1. The number of piperazine rings is 1. The van der Waals surface area contributed by atoms with Gasteiger partial charge in [0.25, 0.3) is 5.91 Å². The van der Waals surface area contributed by atoms with Crippen LogP contribution in [0.3, 0.4) is 0 Å². The molecule has 0 aliphatic carbocycles. The lowest BCUT2D eigenvalue weighted by atomic mass is 9.80. The second kappa shape index (κ2) is 10.4. The van der Waals surface area contributed by atoms with Gasteiger partial charge in [-0.3, -0.25) is 14.4 Å². The first kappa shape index (κ1) is 26.5. The van der Waals surface area contributed by atoms with Gasteiger partial charge < -0.3 is 24.8 Å². The molecule has 0 bridgehead atoms. The van der Waals surface area contributed by atoms with Gasteiger partial charge in [-0.15, -0.1) is 0 Å². The lowest BCUT2D eigenvalue weighted by Gasteiger charge is -2.37. The van der Waals surface area contributed by atoms with Crippen LogP contribution in [-0.4, -0.2) is 98.4 Å². The second-order valence-corrected chi connectivity index (χ2v) is 10.8. The average molecular weight is 507 g/mol. The van der Waals surface area contributed by atoms with Crippen LogP contribution in [-0.2, 0) is 14.3 Å². The Morgan fingerprint density at radius 1 is 1.14 bits per heavy atom. The number of ether oxygens (including phenoxy) is 1. The zero-order chi connectivity index (χ0) is 26.2. The molecule has 0 aromatic heterocycles. The van der Waals surface area contributed by atoms with Crippen LogP contribution >= 0.6 is 0 Å². The smallest absolute Gasteiger partial charge is 0.251 e. The molecule has 3 heterocycles. The van der Waals surface area contributed by atoms with E-state index in [1.807, 2.05) is 32.9 Å². The van der Waals surface area contributed by atoms with Gasteiger partial charge in [-0.25, -0.2) is 8.78 Å². The van der Waals surface area contributed by atoms with Crippen molar-refractivity contribution in [2.45, 2.75) is 51.8 Å². The monoisotopic (exact) mass is 506 g/mol. The van der Waals surface area contributed by atoms with Crippen molar-refractivity contribution >= 4 is 23.3 Å². The zero-order valence-corrected chi connectivity index (χ0v) is 21.4. The Morgan fingerprint density at radius 2 is 1.78 bits per heavy atom. The largest absolute Gasteiger partial charge is 0.369 e. The van der Waals surface area contributed by atoms with Gasteiger partial charge in [0, 0.05) is 44.0 Å². The number of likely N-dealkylation sites (N-methyl/N-ethyl adjacent to an activating group) is 1. The average Bonchev–Trinajstić information content (AvgIpc) is 3.43. The van der Waals surface area contributed by atoms with Crippen LogP contribution in [0.2, 0.25) is 0 Å². The summed E-state index contributed by atoms with van der Waals surface area (Å²) in [5.74, 6) is -2.56. The molecule has 1 aromatic carbocycles. The molecular formula is C26H36F2N4O4. The Balaban J connectivity index is 1.51. The number of rotatable bonds is 7. The van der Waals surface area contributed by atoms with Crippen LogP contribution in [0.1, 0.15) is 37.6 Å². The van der Waals surface area contributed by atoms with E-state index >= 15 is 0 Å². The number of hydrogen-bond donors (Lipinski definition) is 1. The minimum atomic E-state index is -2.72. The molecule has 4 atom stereocenters. The maximum absolute atomic E-state index is 13.7. The van der Waals surface area contributed by atoms with Gasteiger partial charge in [-0.1, -0.05) is 20.8 Å². The summed E-state index contributed by atoms with van der Waals surface area (Å²) >= 11 is 0. The quantitative estimate of drug-likeness (QED) is 0.610. The Labute approximate surface area is 210 Å². The third kappa shape index (κ3) is 5.11. The van der Waals surface area contributed by atoms with E-state index in [1.54, 1.807) is 12.1 Å². The first-order valence-electron chi connectivity index (χ1n) is 12.6. The lowest BCUT2D eigenvalue weighted by molar-refractivity contribution is -0.140. The first-order chi connectivity index (χ1) is 17.0. The third-order valence-electron chi connectivity index (χ3n) is 8.04. The minimum absolute atomic E-state index is 0.274. The number of benzene rings is 1. The summed E-state index contributed by atoms with van der Waals surface area (Å²) in [7, 11) is 2.09. The van der Waals surface area contributed by atoms with E-state index in [9.17, 15) is 23.2 Å². The second-order valence-electron chi connectivity index (χ2n) is 10.8. The molecular weight excluding hydrogens is 470 g/mol. The highest BCUT2D eigenvalue weighted by Gasteiger charge is 2.56. The van der Waals surface area contributed by atoms with Crippen molar-refractivity contribution in [1.29, 1.82) is 0 Å². The van der Waals surface area contributed by atoms with E-state index in [0.717, 1.165) is 31.9 Å². The molecule has 3 fully saturated rings. The molecule has 3 aliphatic rings. The molecule has 8 nitrogen and oxygen atoms in total. The van der Waals surface area contributed by atoms with Crippen LogP contribution in [0.15, 0.2) is 24.3 Å². The molecule has 198 valence electrons. The summed E-state index contributed by atoms with van der Waals surface area (Å²) < 4.78 is 32.6. The maximum atomic E-state index is 13.7. The summed E-state index contributed by atoms with van der Waals surface area (Å²) in [5.41, 5.74) is 0.762. The normalized spacial score (nSPS) is 25.9. The van der Waals surface area contributed by atoms with E-state index in [2.05, 4.69) is 22.2 Å². The number of anilines is 1. The van der Waals surface area contributed by atoms with Crippen LogP contribution in [0, 0.1) is 11.3 Å². The van der Waals surface area contributed by atoms with Gasteiger partial charge in [-0.2, -0.15) is 0 Å². The number of hydrogen-bond acceptors (Lipinski definition) is 6. The van der Waals surface area contributed by atoms with E-state index in [-0.39, 0.29) is 18.9 Å². The molecule has 0 radical (unpaired) electrons. The summed E-state index contributed by atoms with van der Waals surface area (Å²) in [6.07, 6.45) is -3.17. The number of halogens is 2. The van der Waals surface area contributed by atoms with Gasteiger partial charge in [0.1, 0.15) is 18.7 Å². The fraction of sp³-hybridized carbons (Fsp3) is 0.654. The highest BCUT2D eigenvalue weighted by atomic mass is 19.3. The molecule has 0 unspecified atom stereocenters. The molecule has 4 rings (SSSR count). The van der Waals surface area contributed by atoms with Gasteiger partial charge in [-0.05, 0) is 43.1 Å². The number of fused-ring (bicyclic) bond motifs is 1. The molecule has 3 saturated heterocycles. The molecule has 0 saturated carbocycles. The topological polar surface area (TPSA) is 82.2 Å². The highest BCUT2D eigenvalue weighted by molar-refractivity contribution is 5.99. The first-order valence-corrected chi connectivity index (χ1v) is 12.6. The number of ketones is 1. The van der Waals surface area contributed by atoms with Crippen LogP contribution < -0.4 is 10.2 Å². The van der Waals surface area contributed by atoms with Crippen molar-refractivity contribution in [3.8, 4) is 0 Å². The Bertz CT molecular complexity index is 979. The summed E-state index contributed by atoms with van der Waals surface area (Å²) in [5, 5.41) is 2.85. The van der Waals surface area contributed by atoms with E-state index < -0.39 is 47.8 Å². The maximum Gasteiger partial charge on any atom is 0.251 e. The number of likely N-dealkylation sites (tertiary alicyclic amines) is 1. The Hall–Kier alpha value is -2.59. The van der Waals surface area contributed by atoms with Crippen molar-refractivity contribution < 1.29 is 27.9 Å². The molecule has 10 heteroatoms. The standard InChI is InChI=1S/C26H36F2N4O4/c1-5-26(2,3)22(25(35)32-14-18(23(27)28)21-20(32)19(33)15-36-21)29-24(34)16-6-8-17(9-7-16)31-12-10-30(4)11-13-31/h6-9,18,20-23H,5,10-15H2,1-4H3,(H,29,34)/t18-,20+,21+,22+/m0/s1. The van der Waals surface area contributed by atoms with Crippen LogP contribution in [0.5, 0.6) is 0 Å². The molecule has 0 spiro atoms. The van der Waals surface area contributed by atoms with Gasteiger partial charge in [0.2, 0.25) is 12.3 Å². The molecule has 3 aliphatic heterocycles. The van der Waals surface area contributed by atoms with E-state index in [4.69, 9.17) is 4.74 Å². The van der Waals surface area contributed by atoms with Crippen molar-refractivity contribution in [2.24, 2.45) is 11.3 Å². The fourth-order valence-corrected chi connectivity index (χ4v) is 5.21. The number of amides is 2. The zero-order valence-electron chi connectivity index (χ0n) is 21.4. The Morgan fingerprint density at radius 3 is 2.36 bits per heavy atom. The lowest BCUT2D eigenvalue weighted by Crippen LogP contribution is -2.57. The molecule has 1 N–H and O–H groups in total.